The number of rotatable bonds is 3. The van der Waals surface area contributed by atoms with Crippen LogP contribution >= 0.6 is 11.3 Å². The van der Waals surface area contributed by atoms with Crippen molar-refractivity contribution in [2.45, 2.75) is 25.2 Å². The van der Waals surface area contributed by atoms with Crippen LogP contribution in [0.4, 0.5) is 0 Å². The van der Waals surface area contributed by atoms with E-state index in [9.17, 15) is 4.79 Å². The van der Waals surface area contributed by atoms with Gasteiger partial charge in [-0.3, -0.25) is 9.78 Å². The van der Waals surface area contributed by atoms with Crippen LogP contribution in [0.25, 0.3) is 0 Å². The Bertz CT molecular complexity index is 580. The van der Waals surface area contributed by atoms with Gasteiger partial charge in [-0.2, -0.15) is 0 Å². The van der Waals surface area contributed by atoms with Gasteiger partial charge in [-0.05, 0) is 24.5 Å². The maximum Gasteiger partial charge on any atom is 0.312 e. The highest BCUT2D eigenvalue weighted by Crippen LogP contribution is 2.36. The lowest BCUT2D eigenvalue weighted by Gasteiger charge is -2.01. The van der Waals surface area contributed by atoms with Crippen molar-refractivity contribution in [3.05, 3.63) is 45.7 Å². The molecule has 0 radical (unpaired) electrons. The largest absolute Gasteiger partial charge is 0.481 e. The average Bonchev–Trinajstić information content (AvgIpc) is 2.89. The van der Waals surface area contributed by atoms with Gasteiger partial charge in [0.05, 0.1) is 10.7 Å². The predicted octanol–water partition coefficient (Wildman–Crippen LogP) is 2.24. The zero-order valence-electron chi connectivity index (χ0n) is 9.67. The van der Waals surface area contributed by atoms with Gasteiger partial charge < -0.3 is 5.11 Å². The molecule has 2 heterocycles. The summed E-state index contributed by atoms with van der Waals surface area (Å²) >= 11 is 1.64. The highest BCUT2D eigenvalue weighted by molar-refractivity contribution is 7.11. The fourth-order valence-corrected chi connectivity index (χ4v) is 3.45. The third-order valence-corrected chi connectivity index (χ3v) is 4.27. The van der Waals surface area contributed by atoms with Gasteiger partial charge in [-0.1, -0.05) is 6.07 Å². The first-order valence-corrected chi connectivity index (χ1v) is 6.66. The van der Waals surface area contributed by atoms with Crippen LogP contribution in [0.5, 0.6) is 0 Å². The quantitative estimate of drug-likeness (QED) is 0.919. The summed E-state index contributed by atoms with van der Waals surface area (Å²) < 4.78 is 0. The Hall–Kier alpha value is -1.75. The Morgan fingerprint density at radius 3 is 3.17 bits per heavy atom. The molecule has 1 aliphatic rings. The molecule has 4 nitrogen and oxygen atoms in total. The van der Waals surface area contributed by atoms with Crippen molar-refractivity contribution in [2.75, 3.05) is 0 Å². The van der Waals surface area contributed by atoms with Gasteiger partial charge in [0.25, 0.3) is 0 Å². The summed E-state index contributed by atoms with van der Waals surface area (Å²) in [6, 6.07) is 3.91. The van der Waals surface area contributed by atoms with Crippen molar-refractivity contribution >= 4 is 17.3 Å². The molecule has 0 fully saturated rings. The number of carbonyl (C=O) groups is 1. The monoisotopic (exact) mass is 260 g/mol. The van der Waals surface area contributed by atoms with Crippen molar-refractivity contribution in [3.63, 3.8) is 0 Å². The van der Waals surface area contributed by atoms with E-state index in [-0.39, 0.29) is 0 Å². The number of aryl methyl sites for hydroxylation is 1. The Labute approximate surface area is 108 Å². The second-order valence-electron chi connectivity index (χ2n) is 4.38. The number of hydrogen-bond acceptors (Lipinski definition) is 4. The molecule has 5 heteroatoms. The summed E-state index contributed by atoms with van der Waals surface area (Å²) in [5, 5.41) is 10.1. The molecule has 2 aromatic rings. The second-order valence-corrected chi connectivity index (χ2v) is 5.55. The molecule has 0 aliphatic heterocycles. The minimum atomic E-state index is -0.757. The van der Waals surface area contributed by atoms with E-state index < -0.39 is 11.9 Å². The molecular weight excluding hydrogens is 248 g/mol. The SMILES string of the molecule is O=C(O)C1CCc2sc(Cc3cccnc3)nc21. The van der Waals surface area contributed by atoms with Gasteiger partial charge in [-0.15, -0.1) is 11.3 Å². The van der Waals surface area contributed by atoms with E-state index in [1.165, 1.54) is 0 Å². The molecule has 1 N–H and O–H groups in total. The summed E-state index contributed by atoms with van der Waals surface area (Å²) in [7, 11) is 0. The van der Waals surface area contributed by atoms with Crippen LogP contribution in [-0.4, -0.2) is 21.0 Å². The van der Waals surface area contributed by atoms with E-state index in [2.05, 4.69) is 9.97 Å². The first kappa shape index (κ1) is 11.3. The Morgan fingerprint density at radius 2 is 2.44 bits per heavy atom. The van der Waals surface area contributed by atoms with E-state index >= 15 is 0 Å². The van der Waals surface area contributed by atoms with E-state index in [1.807, 2.05) is 18.3 Å². The van der Waals surface area contributed by atoms with Gasteiger partial charge >= 0.3 is 5.97 Å². The normalized spacial score (nSPS) is 17.7. The van der Waals surface area contributed by atoms with Crippen molar-refractivity contribution in [2.24, 2.45) is 0 Å². The predicted molar refractivity (Wildman–Crippen MR) is 67.9 cm³/mol. The van der Waals surface area contributed by atoms with Gasteiger partial charge in [0.2, 0.25) is 0 Å². The van der Waals surface area contributed by atoms with E-state index in [0.29, 0.717) is 6.42 Å². The lowest BCUT2D eigenvalue weighted by atomic mass is 10.1. The second kappa shape index (κ2) is 4.49. The molecule has 0 aromatic carbocycles. The molecule has 1 aliphatic carbocycles. The van der Waals surface area contributed by atoms with Crippen molar-refractivity contribution < 1.29 is 9.90 Å². The molecular formula is C13H12N2O2S. The van der Waals surface area contributed by atoms with Crippen molar-refractivity contribution in [3.8, 4) is 0 Å². The minimum Gasteiger partial charge on any atom is -0.481 e. The number of nitrogens with zero attached hydrogens (tertiary/aromatic N) is 2. The lowest BCUT2D eigenvalue weighted by molar-refractivity contribution is -0.138. The van der Waals surface area contributed by atoms with Gasteiger partial charge in [0.1, 0.15) is 5.92 Å². The Morgan fingerprint density at radius 1 is 1.56 bits per heavy atom. The van der Waals surface area contributed by atoms with Crippen LogP contribution in [0.15, 0.2) is 24.5 Å². The lowest BCUT2D eigenvalue weighted by Crippen LogP contribution is -2.08. The maximum atomic E-state index is 11.1. The zero-order valence-corrected chi connectivity index (χ0v) is 10.5. The highest BCUT2D eigenvalue weighted by atomic mass is 32.1. The highest BCUT2D eigenvalue weighted by Gasteiger charge is 2.32. The van der Waals surface area contributed by atoms with Crippen LogP contribution in [0.3, 0.4) is 0 Å². The number of aliphatic carboxylic acids is 1. The third kappa shape index (κ3) is 2.01. The fraction of sp³-hybridized carbons (Fsp3) is 0.308. The van der Waals surface area contributed by atoms with Gasteiger partial charge in [0.15, 0.2) is 0 Å². The summed E-state index contributed by atoms with van der Waals surface area (Å²) in [6.07, 6.45) is 5.83. The Balaban J connectivity index is 1.84. The topological polar surface area (TPSA) is 63.1 Å². The van der Waals surface area contributed by atoms with Gasteiger partial charge in [0, 0.05) is 23.7 Å². The molecule has 3 rings (SSSR count). The van der Waals surface area contributed by atoms with Crippen LogP contribution < -0.4 is 0 Å². The van der Waals surface area contributed by atoms with E-state index in [4.69, 9.17) is 5.11 Å². The minimum absolute atomic E-state index is 0.404. The maximum absolute atomic E-state index is 11.1. The van der Waals surface area contributed by atoms with Crippen LogP contribution in [0.2, 0.25) is 0 Å². The molecule has 0 amide bonds. The number of thiazole rings is 1. The number of aromatic nitrogens is 2. The summed E-state index contributed by atoms with van der Waals surface area (Å²) in [5.41, 5.74) is 1.89. The molecule has 1 unspecified atom stereocenters. The standard InChI is InChI=1S/C13H12N2O2S/c16-13(17)9-3-4-10-12(9)15-11(18-10)6-8-2-1-5-14-7-8/h1-2,5,7,9H,3-4,6H2,(H,16,17). The Kier molecular flexibility index (Phi) is 2.83. The van der Waals surface area contributed by atoms with Crippen LogP contribution in [0, 0.1) is 0 Å². The molecule has 1 atom stereocenters. The number of fused-ring (bicyclic) bond motifs is 1. The van der Waals surface area contributed by atoms with Crippen molar-refractivity contribution in [1.82, 2.24) is 9.97 Å². The fourth-order valence-electron chi connectivity index (χ4n) is 2.27. The number of carboxylic acid groups (broad SMARTS) is 1. The van der Waals surface area contributed by atoms with Gasteiger partial charge in [-0.25, -0.2) is 4.98 Å². The molecule has 92 valence electrons. The summed E-state index contributed by atoms with van der Waals surface area (Å²) in [6.45, 7) is 0. The molecule has 0 saturated heterocycles. The molecule has 2 aromatic heterocycles. The first-order valence-electron chi connectivity index (χ1n) is 5.84. The molecule has 0 saturated carbocycles. The first-order chi connectivity index (χ1) is 8.74. The molecule has 0 spiro atoms. The number of pyridine rings is 1. The zero-order chi connectivity index (χ0) is 12.5. The van der Waals surface area contributed by atoms with E-state index in [1.54, 1.807) is 17.5 Å². The van der Waals surface area contributed by atoms with E-state index in [0.717, 1.165) is 34.0 Å². The average molecular weight is 260 g/mol. The number of hydrogen-bond donors (Lipinski definition) is 1. The summed E-state index contributed by atoms with van der Waals surface area (Å²) in [5.74, 6) is -1.16. The molecule has 0 bridgehead atoms. The smallest absolute Gasteiger partial charge is 0.312 e. The van der Waals surface area contributed by atoms with Crippen molar-refractivity contribution in [1.29, 1.82) is 0 Å². The van der Waals surface area contributed by atoms with Crippen LogP contribution in [0.1, 0.15) is 33.5 Å². The summed E-state index contributed by atoms with van der Waals surface area (Å²) in [4.78, 5) is 20.8. The van der Waals surface area contributed by atoms with Crippen LogP contribution in [-0.2, 0) is 17.6 Å². The number of carboxylic acids is 1. The molecule has 18 heavy (non-hydrogen) atoms. The third-order valence-electron chi connectivity index (χ3n) is 3.14.